The van der Waals surface area contributed by atoms with E-state index in [1.807, 2.05) is 36.4 Å². The van der Waals surface area contributed by atoms with E-state index in [4.69, 9.17) is 18.9 Å². The molecule has 4 aromatic rings. The van der Waals surface area contributed by atoms with E-state index in [1.165, 1.54) is 0 Å². The molecule has 0 spiro atoms. The second-order valence-corrected chi connectivity index (χ2v) is 7.62. The largest absolute Gasteiger partial charge is 0.493 e. The molecule has 0 saturated carbocycles. The van der Waals surface area contributed by atoms with Crippen molar-refractivity contribution in [3.63, 3.8) is 0 Å². The van der Waals surface area contributed by atoms with Crippen molar-refractivity contribution in [3.05, 3.63) is 119 Å². The molecule has 4 rings (SSSR count). The number of rotatable bonds is 8. The van der Waals surface area contributed by atoms with Crippen LogP contribution in [0.3, 0.4) is 0 Å². The lowest BCUT2D eigenvalue weighted by atomic mass is 9.85. The molecule has 0 aromatic heterocycles. The Labute approximate surface area is 201 Å². The lowest BCUT2D eigenvalue weighted by Gasteiger charge is -2.20. The van der Waals surface area contributed by atoms with Crippen LogP contribution in [-0.2, 0) is 0 Å². The molecule has 0 fully saturated rings. The zero-order chi connectivity index (χ0) is 23.9. The van der Waals surface area contributed by atoms with Crippen LogP contribution in [0.2, 0.25) is 0 Å². The molecule has 0 saturated heterocycles. The summed E-state index contributed by atoms with van der Waals surface area (Å²) in [5, 5.41) is 0. The van der Waals surface area contributed by atoms with Crippen LogP contribution in [-0.4, -0.2) is 28.4 Å². The van der Waals surface area contributed by atoms with E-state index in [9.17, 15) is 0 Å². The molecular weight excluding hydrogens is 424 g/mol. The van der Waals surface area contributed by atoms with Crippen LogP contribution in [0.4, 0.5) is 0 Å². The maximum absolute atomic E-state index is 5.64. The van der Waals surface area contributed by atoms with Crippen molar-refractivity contribution in [3.8, 4) is 23.0 Å². The molecule has 34 heavy (non-hydrogen) atoms. The first-order valence-electron chi connectivity index (χ1n) is 11.0. The smallest absolute Gasteiger partial charge is 0.161 e. The molecule has 0 unspecified atom stereocenters. The maximum Gasteiger partial charge on any atom is 0.161 e. The summed E-state index contributed by atoms with van der Waals surface area (Å²) in [6, 6.07) is 32.8. The highest BCUT2D eigenvalue weighted by atomic mass is 16.5. The summed E-state index contributed by atoms with van der Waals surface area (Å²) in [7, 11) is 6.58. The maximum atomic E-state index is 5.64. The van der Waals surface area contributed by atoms with Gasteiger partial charge in [0.05, 0.1) is 28.4 Å². The minimum atomic E-state index is 0.665. The molecule has 0 aliphatic rings. The van der Waals surface area contributed by atoms with Crippen LogP contribution in [0.5, 0.6) is 23.0 Å². The Morgan fingerprint density at radius 1 is 0.382 bits per heavy atom. The van der Waals surface area contributed by atoms with Gasteiger partial charge in [0.2, 0.25) is 0 Å². The standard InChI is InChI=1S/C30H28O4/c1-31-25-17-15-23(19-27(25)33-3)30(24-16-18-26(32-2)28(20-24)34-4)29(21-11-7-5-8-12-21)22-13-9-6-10-14-22/h5-20H,1-4H3. The van der Waals surface area contributed by atoms with Crippen molar-refractivity contribution >= 4 is 11.1 Å². The van der Waals surface area contributed by atoms with E-state index in [0.29, 0.717) is 23.0 Å². The molecule has 0 aliphatic heterocycles. The van der Waals surface area contributed by atoms with E-state index in [2.05, 4.69) is 60.7 Å². The third-order valence-corrected chi connectivity index (χ3v) is 5.72. The van der Waals surface area contributed by atoms with Gasteiger partial charge in [-0.2, -0.15) is 0 Å². The van der Waals surface area contributed by atoms with Crippen LogP contribution in [0.15, 0.2) is 97.1 Å². The summed E-state index contributed by atoms with van der Waals surface area (Å²) in [4.78, 5) is 0. The Morgan fingerprint density at radius 2 is 0.735 bits per heavy atom. The normalized spacial score (nSPS) is 10.4. The Kier molecular flexibility index (Phi) is 7.19. The Bertz CT molecular complexity index is 1180. The number of hydrogen-bond acceptors (Lipinski definition) is 4. The van der Waals surface area contributed by atoms with E-state index in [0.717, 1.165) is 33.4 Å². The van der Waals surface area contributed by atoms with Gasteiger partial charge < -0.3 is 18.9 Å². The van der Waals surface area contributed by atoms with Gasteiger partial charge in [-0.1, -0.05) is 72.8 Å². The SMILES string of the molecule is COc1ccc(C(=C(c2ccccc2)c2ccccc2)c2ccc(OC)c(OC)c2)cc1OC. The predicted octanol–water partition coefficient (Wildman–Crippen LogP) is 6.73. The van der Waals surface area contributed by atoms with Gasteiger partial charge in [0, 0.05) is 0 Å². The summed E-state index contributed by atoms with van der Waals surface area (Å²) < 4.78 is 22.3. The van der Waals surface area contributed by atoms with Gasteiger partial charge >= 0.3 is 0 Å². The molecule has 0 aliphatic carbocycles. The third kappa shape index (κ3) is 4.62. The zero-order valence-corrected chi connectivity index (χ0v) is 19.9. The average molecular weight is 453 g/mol. The second-order valence-electron chi connectivity index (χ2n) is 7.62. The van der Waals surface area contributed by atoms with Crippen molar-refractivity contribution in [2.24, 2.45) is 0 Å². The quantitative estimate of drug-likeness (QED) is 0.278. The fourth-order valence-electron chi connectivity index (χ4n) is 4.10. The molecular formula is C30H28O4. The van der Waals surface area contributed by atoms with Crippen molar-refractivity contribution in [1.29, 1.82) is 0 Å². The van der Waals surface area contributed by atoms with Crippen LogP contribution in [0, 0.1) is 0 Å². The highest BCUT2D eigenvalue weighted by Crippen LogP contribution is 2.41. The van der Waals surface area contributed by atoms with Gasteiger partial charge in [-0.05, 0) is 57.7 Å². The topological polar surface area (TPSA) is 36.9 Å². The number of hydrogen-bond donors (Lipinski definition) is 0. The van der Waals surface area contributed by atoms with Crippen LogP contribution in [0.1, 0.15) is 22.3 Å². The summed E-state index contributed by atoms with van der Waals surface area (Å²) >= 11 is 0. The fraction of sp³-hybridized carbons (Fsp3) is 0.133. The van der Waals surface area contributed by atoms with E-state index < -0.39 is 0 Å². The summed E-state index contributed by atoms with van der Waals surface area (Å²) in [5.41, 5.74) is 6.33. The van der Waals surface area contributed by atoms with E-state index >= 15 is 0 Å². The first-order chi connectivity index (χ1) is 16.7. The Hall–Kier alpha value is -4.18. The van der Waals surface area contributed by atoms with Gasteiger partial charge in [0.15, 0.2) is 23.0 Å². The molecule has 0 atom stereocenters. The summed E-state index contributed by atoms with van der Waals surface area (Å²) in [6.45, 7) is 0. The first kappa shape index (κ1) is 23.0. The molecule has 4 aromatic carbocycles. The van der Waals surface area contributed by atoms with E-state index in [1.54, 1.807) is 28.4 Å². The molecule has 4 heteroatoms. The predicted molar refractivity (Wildman–Crippen MR) is 137 cm³/mol. The van der Waals surface area contributed by atoms with Crippen molar-refractivity contribution in [2.75, 3.05) is 28.4 Å². The van der Waals surface area contributed by atoms with Gasteiger partial charge in [-0.15, -0.1) is 0 Å². The van der Waals surface area contributed by atoms with Crippen molar-refractivity contribution < 1.29 is 18.9 Å². The lowest BCUT2D eigenvalue weighted by Crippen LogP contribution is -2.00. The van der Waals surface area contributed by atoms with Crippen LogP contribution >= 0.6 is 0 Å². The molecule has 172 valence electrons. The molecule has 0 bridgehead atoms. The van der Waals surface area contributed by atoms with Gasteiger partial charge in [0.1, 0.15) is 0 Å². The molecule has 0 heterocycles. The van der Waals surface area contributed by atoms with Crippen LogP contribution in [0.25, 0.3) is 11.1 Å². The number of ether oxygens (including phenoxy) is 4. The summed E-state index contributed by atoms with van der Waals surface area (Å²) in [6.07, 6.45) is 0. The van der Waals surface area contributed by atoms with Crippen molar-refractivity contribution in [1.82, 2.24) is 0 Å². The monoisotopic (exact) mass is 452 g/mol. The van der Waals surface area contributed by atoms with Gasteiger partial charge in [0.25, 0.3) is 0 Å². The zero-order valence-electron chi connectivity index (χ0n) is 19.9. The Balaban J connectivity index is 2.11. The molecule has 0 radical (unpaired) electrons. The minimum absolute atomic E-state index is 0.665. The highest BCUT2D eigenvalue weighted by Gasteiger charge is 2.19. The lowest BCUT2D eigenvalue weighted by molar-refractivity contribution is 0.354. The van der Waals surface area contributed by atoms with Crippen molar-refractivity contribution in [2.45, 2.75) is 0 Å². The van der Waals surface area contributed by atoms with E-state index in [-0.39, 0.29) is 0 Å². The minimum Gasteiger partial charge on any atom is -0.493 e. The number of methoxy groups -OCH3 is 4. The number of benzene rings is 4. The van der Waals surface area contributed by atoms with Gasteiger partial charge in [-0.25, -0.2) is 0 Å². The second kappa shape index (κ2) is 10.6. The average Bonchev–Trinajstić information content (AvgIpc) is 2.91. The first-order valence-corrected chi connectivity index (χ1v) is 11.0. The summed E-state index contributed by atoms with van der Waals surface area (Å²) in [5.74, 6) is 2.69. The Morgan fingerprint density at radius 3 is 1.09 bits per heavy atom. The molecule has 4 nitrogen and oxygen atoms in total. The molecule has 0 N–H and O–H groups in total. The van der Waals surface area contributed by atoms with Gasteiger partial charge in [-0.3, -0.25) is 0 Å². The fourth-order valence-corrected chi connectivity index (χ4v) is 4.10. The molecule has 0 amide bonds. The third-order valence-electron chi connectivity index (χ3n) is 5.72. The van der Waals surface area contributed by atoms with Crippen LogP contribution < -0.4 is 18.9 Å². The highest BCUT2D eigenvalue weighted by molar-refractivity contribution is 6.05.